The van der Waals surface area contributed by atoms with Crippen molar-refractivity contribution in [1.29, 1.82) is 0 Å². The molecular weight excluding hydrogens is 316 g/mol. The molecule has 0 heterocycles. The van der Waals surface area contributed by atoms with Crippen molar-refractivity contribution in [3.8, 4) is 0 Å². The molecule has 4 bridgehead atoms. The van der Waals surface area contributed by atoms with Gasteiger partial charge >= 0.3 is 0 Å². The molecule has 2 amide bonds. The number of nitrogens with zero attached hydrogens (tertiary/aromatic N) is 1. The lowest BCUT2D eigenvalue weighted by Gasteiger charge is -2.55. The van der Waals surface area contributed by atoms with Gasteiger partial charge in [-0.15, -0.1) is 0 Å². The van der Waals surface area contributed by atoms with Crippen LogP contribution in [0.5, 0.6) is 0 Å². The van der Waals surface area contributed by atoms with Crippen molar-refractivity contribution in [3.05, 3.63) is 29.8 Å². The summed E-state index contributed by atoms with van der Waals surface area (Å²) in [7, 11) is 3.03. The summed E-state index contributed by atoms with van der Waals surface area (Å²) in [6.45, 7) is 0. The molecule has 134 valence electrons. The molecule has 1 aromatic rings. The van der Waals surface area contributed by atoms with E-state index in [-0.39, 0.29) is 17.2 Å². The van der Waals surface area contributed by atoms with Crippen molar-refractivity contribution >= 4 is 17.5 Å². The number of carbonyl (C=O) groups is 2. The van der Waals surface area contributed by atoms with Gasteiger partial charge in [0.2, 0.25) is 5.91 Å². The molecule has 5 nitrogen and oxygen atoms in total. The Labute approximate surface area is 148 Å². The first-order valence-electron chi connectivity index (χ1n) is 9.23. The van der Waals surface area contributed by atoms with Crippen LogP contribution in [0.2, 0.25) is 0 Å². The molecule has 1 aromatic carbocycles. The Hall–Kier alpha value is -1.88. The van der Waals surface area contributed by atoms with Crippen LogP contribution in [0.25, 0.3) is 0 Å². The second kappa shape index (κ2) is 6.13. The van der Waals surface area contributed by atoms with E-state index in [0.29, 0.717) is 5.56 Å². The summed E-state index contributed by atoms with van der Waals surface area (Å²) in [6.07, 6.45) is 7.16. The van der Waals surface area contributed by atoms with E-state index in [0.717, 1.165) is 42.7 Å². The first-order chi connectivity index (χ1) is 12.0. The summed E-state index contributed by atoms with van der Waals surface area (Å²) in [5.74, 6) is 2.23. The minimum atomic E-state index is -0.207. The maximum Gasteiger partial charge on any atom is 0.277 e. The molecule has 4 aliphatic rings. The number of anilines is 1. The van der Waals surface area contributed by atoms with Crippen LogP contribution in [0.4, 0.5) is 5.69 Å². The molecule has 5 heteroatoms. The molecule has 0 aliphatic heterocycles. The lowest BCUT2D eigenvalue weighted by atomic mass is 9.49. The van der Waals surface area contributed by atoms with E-state index in [4.69, 9.17) is 4.84 Å². The van der Waals surface area contributed by atoms with Gasteiger partial charge in [0.1, 0.15) is 0 Å². The summed E-state index contributed by atoms with van der Waals surface area (Å²) in [5.41, 5.74) is 1.15. The third-order valence-electron chi connectivity index (χ3n) is 6.47. The topological polar surface area (TPSA) is 58.6 Å². The lowest BCUT2D eigenvalue weighted by molar-refractivity contribution is -0.140. The van der Waals surface area contributed by atoms with Crippen molar-refractivity contribution in [1.82, 2.24) is 5.06 Å². The molecule has 4 aliphatic carbocycles. The van der Waals surface area contributed by atoms with Crippen LogP contribution >= 0.6 is 0 Å². The van der Waals surface area contributed by atoms with Crippen LogP contribution < -0.4 is 5.32 Å². The van der Waals surface area contributed by atoms with Gasteiger partial charge in [0.25, 0.3) is 5.91 Å². The van der Waals surface area contributed by atoms with E-state index in [1.165, 1.54) is 31.4 Å². The molecule has 0 spiro atoms. The van der Waals surface area contributed by atoms with Crippen LogP contribution in [0, 0.1) is 23.2 Å². The Kier molecular flexibility index (Phi) is 4.07. The molecule has 4 fully saturated rings. The predicted octanol–water partition coefficient (Wildman–Crippen LogP) is 3.47. The maximum absolute atomic E-state index is 13.0. The van der Waals surface area contributed by atoms with Crippen LogP contribution in [-0.4, -0.2) is 31.0 Å². The highest BCUT2D eigenvalue weighted by Crippen LogP contribution is 2.60. The minimum absolute atomic E-state index is 0.153. The maximum atomic E-state index is 13.0. The monoisotopic (exact) mass is 342 g/mol. The van der Waals surface area contributed by atoms with Gasteiger partial charge in [-0.3, -0.25) is 14.4 Å². The molecular formula is C20H26N2O3. The SMILES string of the molecule is CON(C)C(=O)c1ccc(NC(=O)C23CC4CC(CC(C4)C2)C3)cc1. The Morgan fingerprint density at radius 2 is 1.56 bits per heavy atom. The van der Waals surface area contributed by atoms with Crippen molar-refractivity contribution in [3.63, 3.8) is 0 Å². The smallest absolute Gasteiger partial charge is 0.277 e. The van der Waals surface area contributed by atoms with Gasteiger partial charge in [0, 0.05) is 18.3 Å². The highest BCUT2D eigenvalue weighted by molar-refractivity contribution is 5.97. The number of amides is 2. The fourth-order valence-corrected chi connectivity index (χ4v) is 5.61. The number of benzene rings is 1. The van der Waals surface area contributed by atoms with Crippen molar-refractivity contribution in [2.24, 2.45) is 23.2 Å². The van der Waals surface area contributed by atoms with Gasteiger partial charge < -0.3 is 5.32 Å². The Morgan fingerprint density at radius 3 is 2.04 bits per heavy atom. The zero-order valence-electron chi connectivity index (χ0n) is 15.0. The molecule has 0 saturated heterocycles. The fraction of sp³-hybridized carbons (Fsp3) is 0.600. The van der Waals surface area contributed by atoms with Crippen LogP contribution in [-0.2, 0) is 9.63 Å². The Balaban J connectivity index is 1.45. The van der Waals surface area contributed by atoms with Crippen molar-refractivity contribution in [2.45, 2.75) is 38.5 Å². The third-order valence-corrected chi connectivity index (χ3v) is 6.47. The van der Waals surface area contributed by atoms with E-state index in [1.54, 1.807) is 31.3 Å². The van der Waals surface area contributed by atoms with E-state index in [9.17, 15) is 9.59 Å². The number of nitrogens with one attached hydrogen (secondary N) is 1. The van der Waals surface area contributed by atoms with Gasteiger partial charge in [0.15, 0.2) is 0 Å². The average Bonchev–Trinajstić information content (AvgIpc) is 2.60. The molecule has 4 saturated carbocycles. The van der Waals surface area contributed by atoms with E-state index >= 15 is 0 Å². The number of rotatable bonds is 4. The minimum Gasteiger partial charge on any atom is -0.326 e. The second-order valence-corrected chi connectivity index (χ2v) is 8.21. The highest BCUT2D eigenvalue weighted by Gasteiger charge is 2.54. The normalized spacial score (nSPS) is 32.5. The van der Waals surface area contributed by atoms with E-state index in [1.807, 2.05) is 0 Å². The Morgan fingerprint density at radius 1 is 1.04 bits per heavy atom. The van der Waals surface area contributed by atoms with Gasteiger partial charge in [-0.25, -0.2) is 5.06 Å². The second-order valence-electron chi connectivity index (χ2n) is 8.21. The molecule has 0 atom stereocenters. The standard InChI is InChI=1S/C20H26N2O3/c1-22(25-2)18(23)16-3-5-17(6-4-16)21-19(24)20-10-13-7-14(11-20)9-15(8-13)12-20/h3-6,13-15H,7-12H2,1-2H3,(H,21,24). The Bertz CT molecular complexity index is 647. The predicted molar refractivity (Wildman–Crippen MR) is 94.8 cm³/mol. The quantitative estimate of drug-likeness (QED) is 0.852. The number of hydroxylamine groups is 2. The largest absolute Gasteiger partial charge is 0.326 e. The summed E-state index contributed by atoms with van der Waals surface area (Å²) in [6, 6.07) is 7.06. The first-order valence-corrected chi connectivity index (χ1v) is 9.23. The zero-order valence-corrected chi connectivity index (χ0v) is 15.0. The summed E-state index contributed by atoms with van der Waals surface area (Å²) >= 11 is 0. The van der Waals surface area contributed by atoms with Crippen LogP contribution in [0.15, 0.2) is 24.3 Å². The van der Waals surface area contributed by atoms with Crippen LogP contribution in [0.1, 0.15) is 48.9 Å². The summed E-state index contributed by atoms with van der Waals surface area (Å²) in [4.78, 5) is 30.0. The molecule has 0 unspecified atom stereocenters. The molecule has 0 aromatic heterocycles. The van der Waals surface area contributed by atoms with E-state index in [2.05, 4.69) is 5.32 Å². The lowest BCUT2D eigenvalue weighted by Crippen LogP contribution is -2.51. The molecule has 1 N–H and O–H groups in total. The average molecular weight is 342 g/mol. The van der Waals surface area contributed by atoms with Gasteiger partial charge in [0.05, 0.1) is 12.5 Å². The number of carbonyl (C=O) groups excluding carboxylic acids is 2. The number of hydrogen-bond acceptors (Lipinski definition) is 3. The molecule has 0 radical (unpaired) electrons. The van der Waals surface area contributed by atoms with Gasteiger partial charge in [-0.2, -0.15) is 0 Å². The van der Waals surface area contributed by atoms with Crippen LogP contribution in [0.3, 0.4) is 0 Å². The third kappa shape index (κ3) is 2.95. The van der Waals surface area contributed by atoms with Gasteiger partial charge in [-0.05, 0) is 80.5 Å². The van der Waals surface area contributed by atoms with E-state index < -0.39 is 0 Å². The summed E-state index contributed by atoms with van der Waals surface area (Å²) in [5, 5.41) is 4.30. The fourth-order valence-electron chi connectivity index (χ4n) is 5.61. The van der Waals surface area contributed by atoms with Gasteiger partial charge in [-0.1, -0.05) is 0 Å². The summed E-state index contributed by atoms with van der Waals surface area (Å²) < 4.78 is 0. The van der Waals surface area contributed by atoms with Crippen molar-refractivity contribution in [2.75, 3.05) is 19.5 Å². The highest BCUT2D eigenvalue weighted by atomic mass is 16.7. The number of hydrogen-bond donors (Lipinski definition) is 1. The van der Waals surface area contributed by atoms with Crippen molar-refractivity contribution < 1.29 is 14.4 Å². The first kappa shape index (κ1) is 16.6. The molecule has 25 heavy (non-hydrogen) atoms. The molecule has 5 rings (SSSR count). The zero-order chi connectivity index (χ0) is 17.6.